The Hall–Kier alpha value is -2.89. The van der Waals surface area contributed by atoms with Crippen LogP contribution in [0, 0.1) is 10.1 Å². The molecule has 6 nitrogen and oxygen atoms in total. The third kappa shape index (κ3) is 1.70. The molecule has 0 aliphatic heterocycles. The molecule has 0 saturated carbocycles. The van der Waals surface area contributed by atoms with Crippen molar-refractivity contribution in [2.24, 2.45) is 0 Å². The van der Waals surface area contributed by atoms with Crippen LogP contribution in [0.15, 0.2) is 40.8 Å². The Labute approximate surface area is 106 Å². The van der Waals surface area contributed by atoms with E-state index in [1.807, 2.05) is 0 Å². The van der Waals surface area contributed by atoms with Crippen molar-refractivity contribution in [3.05, 3.63) is 52.1 Å². The first-order chi connectivity index (χ1) is 9.06. The van der Waals surface area contributed by atoms with Gasteiger partial charge in [0.1, 0.15) is 10.5 Å². The van der Waals surface area contributed by atoms with Gasteiger partial charge in [0, 0.05) is 5.39 Å². The van der Waals surface area contributed by atoms with E-state index in [0.717, 1.165) is 5.39 Å². The molecular formula is C13H7NO5. The fourth-order valence-electron chi connectivity index (χ4n) is 2.06. The summed E-state index contributed by atoms with van der Waals surface area (Å²) in [5, 5.41) is 21.6. The molecule has 6 heteroatoms. The summed E-state index contributed by atoms with van der Waals surface area (Å²) in [6.45, 7) is 0. The normalized spacial score (nSPS) is 10.9. The Morgan fingerprint density at radius 2 is 1.95 bits per heavy atom. The van der Waals surface area contributed by atoms with Crippen LogP contribution in [0.4, 0.5) is 5.88 Å². The summed E-state index contributed by atoms with van der Waals surface area (Å²) in [4.78, 5) is 21.0. The Bertz CT molecular complexity index is 834. The largest absolute Gasteiger partial charge is 0.478 e. The van der Waals surface area contributed by atoms with Gasteiger partial charge in [-0.15, -0.1) is 0 Å². The molecule has 0 radical (unpaired) electrons. The van der Waals surface area contributed by atoms with Gasteiger partial charge < -0.3 is 9.52 Å². The van der Waals surface area contributed by atoms with Gasteiger partial charge in [-0.05, 0) is 29.0 Å². The molecule has 0 amide bonds. The summed E-state index contributed by atoms with van der Waals surface area (Å²) in [6, 6.07) is 9.23. The van der Waals surface area contributed by atoms with Crippen molar-refractivity contribution in [1.82, 2.24) is 0 Å². The fraction of sp³-hybridized carbons (Fsp3) is 0. The number of hydrogen-bond acceptors (Lipinski definition) is 4. The lowest BCUT2D eigenvalue weighted by Gasteiger charge is -2.00. The minimum absolute atomic E-state index is 0.171. The van der Waals surface area contributed by atoms with Gasteiger partial charge in [-0.1, -0.05) is 12.1 Å². The van der Waals surface area contributed by atoms with Crippen LogP contribution in [-0.2, 0) is 0 Å². The Balaban J connectivity index is 2.33. The van der Waals surface area contributed by atoms with Crippen molar-refractivity contribution in [3.63, 3.8) is 0 Å². The molecule has 19 heavy (non-hydrogen) atoms. The highest BCUT2D eigenvalue weighted by Crippen LogP contribution is 2.31. The Kier molecular flexibility index (Phi) is 2.25. The third-order valence-corrected chi connectivity index (χ3v) is 2.93. The number of fused-ring (bicyclic) bond motifs is 3. The lowest BCUT2D eigenvalue weighted by Crippen LogP contribution is -1.95. The van der Waals surface area contributed by atoms with E-state index >= 15 is 0 Å². The second-order valence-corrected chi connectivity index (χ2v) is 4.06. The number of furan rings is 1. The smallest absolute Gasteiger partial charge is 0.434 e. The summed E-state index contributed by atoms with van der Waals surface area (Å²) in [5.74, 6) is -1.34. The Morgan fingerprint density at radius 1 is 1.16 bits per heavy atom. The van der Waals surface area contributed by atoms with Crippen LogP contribution in [0.25, 0.3) is 21.7 Å². The number of benzene rings is 2. The van der Waals surface area contributed by atoms with E-state index in [1.165, 1.54) is 18.2 Å². The molecule has 0 unspecified atom stereocenters. The van der Waals surface area contributed by atoms with Gasteiger partial charge in [0.15, 0.2) is 0 Å². The zero-order valence-electron chi connectivity index (χ0n) is 9.49. The molecule has 1 heterocycles. The second kappa shape index (κ2) is 3.81. The molecule has 0 fully saturated rings. The van der Waals surface area contributed by atoms with E-state index in [1.54, 1.807) is 18.2 Å². The number of carboxylic acid groups (broad SMARTS) is 1. The summed E-state index contributed by atoms with van der Waals surface area (Å²) >= 11 is 0. The van der Waals surface area contributed by atoms with Gasteiger partial charge in [-0.25, -0.2) is 4.79 Å². The third-order valence-electron chi connectivity index (χ3n) is 2.93. The van der Waals surface area contributed by atoms with Gasteiger partial charge in [-0.2, -0.15) is 0 Å². The lowest BCUT2D eigenvalue weighted by atomic mass is 10.0. The number of nitro groups is 1. The van der Waals surface area contributed by atoms with Crippen LogP contribution in [0.3, 0.4) is 0 Å². The van der Waals surface area contributed by atoms with E-state index in [-0.39, 0.29) is 11.4 Å². The number of nitrogens with zero attached hydrogens (tertiary/aromatic N) is 1. The van der Waals surface area contributed by atoms with Gasteiger partial charge in [0.2, 0.25) is 0 Å². The maximum atomic E-state index is 10.9. The van der Waals surface area contributed by atoms with Gasteiger partial charge >= 0.3 is 11.9 Å². The molecule has 0 saturated heterocycles. The molecule has 1 N–H and O–H groups in total. The zero-order valence-corrected chi connectivity index (χ0v) is 9.49. The van der Waals surface area contributed by atoms with Crippen LogP contribution in [0.1, 0.15) is 10.4 Å². The zero-order chi connectivity index (χ0) is 13.6. The van der Waals surface area contributed by atoms with E-state index in [2.05, 4.69) is 0 Å². The predicted molar refractivity (Wildman–Crippen MR) is 67.3 cm³/mol. The highest BCUT2D eigenvalue weighted by molar-refractivity contribution is 6.08. The summed E-state index contributed by atoms with van der Waals surface area (Å²) in [5.41, 5.74) is 0.576. The number of rotatable bonds is 2. The molecule has 2 aromatic carbocycles. The van der Waals surface area contributed by atoms with Gasteiger partial charge in [0.25, 0.3) is 0 Å². The highest BCUT2D eigenvalue weighted by Gasteiger charge is 2.15. The maximum absolute atomic E-state index is 10.9. The van der Waals surface area contributed by atoms with Crippen molar-refractivity contribution in [2.75, 3.05) is 0 Å². The van der Waals surface area contributed by atoms with Crippen molar-refractivity contribution in [1.29, 1.82) is 0 Å². The quantitative estimate of drug-likeness (QED) is 0.562. The molecule has 0 aliphatic carbocycles. The summed E-state index contributed by atoms with van der Waals surface area (Å²) < 4.78 is 5.10. The van der Waals surface area contributed by atoms with Crippen molar-refractivity contribution in [3.8, 4) is 0 Å². The van der Waals surface area contributed by atoms with E-state index < -0.39 is 10.9 Å². The molecular weight excluding hydrogens is 250 g/mol. The van der Waals surface area contributed by atoms with Crippen molar-refractivity contribution < 1.29 is 19.2 Å². The van der Waals surface area contributed by atoms with Crippen LogP contribution in [0.2, 0.25) is 0 Å². The first-order valence-electron chi connectivity index (χ1n) is 5.40. The van der Waals surface area contributed by atoms with E-state index in [4.69, 9.17) is 9.52 Å². The Morgan fingerprint density at radius 3 is 2.63 bits per heavy atom. The second-order valence-electron chi connectivity index (χ2n) is 4.06. The molecule has 0 spiro atoms. The lowest BCUT2D eigenvalue weighted by molar-refractivity contribution is -0.401. The van der Waals surface area contributed by atoms with Gasteiger partial charge in [0.05, 0.1) is 11.6 Å². The first kappa shape index (κ1) is 11.2. The van der Waals surface area contributed by atoms with Gasteiger partial charge in [-0.3, -0.25) is 10.1 Å². The number of carbonyl (C=O) groups is 1. The average Bonchev–Trinajstić information content (AvgIpc) is 2.82. The highest BCUT2D eigenvalue weighted by atomic mass is 16.6. The monoisotopic (exact) mass is 257 g/mol. The summed E-state index contributed by atoms with van der Waals surface area (Å²) in [6.07, 6.45) is 0. The molecule has 94 valence electrons. The molecule has 0 bridgehead atoms. The molecule has 1 aromatic heterocycles. The van der Waals surface area contributed by atoms with Crippen LogP contribution in [0.5, 0.6) is 0 Å². The van der Waals surface area contributed by atoms with E-state index in [9.17, 15) is 14.9 Å². The van der Waals surface area contributed by atoms with Crippen LogP contribution >= 0.6 is 0 Å². The molecule has 3 rings (SSSR count). The molecule has 0 aliphatic rings. The van der Waals surface area contributed by atoms with E-state index in [0.29, 0.717) is 16.4 Å². The number of hydrogen-bond donors (Lipinski definition) is 1. The average molecular weight is 257 g/mol. The number of carboxylic acids is 1. The van der Waals surface area contributed by atoms with Crippen LogP contribution < -0.4 is 0 Å². The maximum Gasteiger partial charge on any atom is 0.434 e. The fourth-order valence-corrected chi connectivity index (χ4v) is 2.06. The van der Waals surface area contributed by atoms with Crippen molar-refractivity contribution >= 4 is 33.6 Å². The van der Waals surface area contributed by atoms with Crippen molar-refractivity contribution in [2.45, 2.75) is 0 Å². The standard InChI is InChI=1S/C13H7NO5/c15-13(16)8-1-3-9-7(5-8)2-4-11-10(9)6-12(19-11)14(17)18/h1-6H,(H,15,16). The van der Waals surface area contributed by atoms with Crippen LogP contribution in [-0.4, -0.2) is 16.0 Å². The number of aromatic carboxylic acids is 1. The minimum atomic E-state index is -1.01. The summed E-state index contributed by atoms with van der Waals surface area (Å²) in [7, 11) is 0. The first-order valence-corrected chi connectivity index (χ1v) is 5.40. The predicted octanol–water partition coefficient (Wildman–Crippen LogP) is 3.19. The SMILES string of the molecule is O=C(O)c1ccc2c(ccc3oc([N+](=O)[O-])cc32)c1. The minimum Gasteiger partial charge on any atom is -0.478 e. The molecule has 0 atom stereocenters. The topological polar surface area (TPSA) is 93.6 Å². The molecule has 3 aromatic rings.